The summed E-state index contributed by atoms with van der Waals surface area (Å²) in [7, 11) is 0. The van der Waals surface area contributed by atoms with Gasteiger partial charge in [0.15, 0.2) is 0 Å². The highest BCUT2D eigenvalue weighted by Gasteiger charge is 2.28. The Morgan fingerprint density at radius 1 is 1.38 bits per heavy atom. The Morgan fingerprint density at radius 2 is 1.95 bits per heavy atom. The number of amides is 1. The lowest BCUT2D eigenvalue weighted by Crippen LogP contribution is -2.37. The van der Waals surface area contributed by atoms with E-state index in [2.05, 4.69) is 10.3 Å². The second-order valence-corrected chi connectivity index (χ2v) is 6.30. The normalized spacial score (nSPS) is 12.8. The summed E-state index contributed by atoms with van der Waals surface area (Å²) in [6.45, 7) is 9.35. The number of anilines is 1. The number of aliphatic carboxylic acids is 1. The summed E-state index contributed by atoms with van der Waals surface area (Å²) < 4.78 is 0. The largest absolute Gasteiger partial charge is 0.481 e. The van der Waals surface area contributed by atoms with Gasteiger partial charge in [-0.05, 0) is 25.3 Å². The Balaban J connectivity index is 3.26. The van der Waals surface area contributed by atoms with Crippen molar-refractivity contribution in [3.63, 3.8) is 0 Å². The first kappa shape index (κ1) is 16.9. The van der Waals surface area contributed by atoms with E-state index in [9.17, 15) is 9.59 Å². The summed E-state index contributed by atoms with van der Waals surface area (Å²) in [5.41, 5.74) is 7.24. The number of primary amides is 1. The Bertz CT molecular complexity index is 562. The summed E-state index contributed by atoms with van der Waals surface area (Å²) in [5.74, 6) is -1.48. The molecular formula is C15H23N3O3. The molecule has 0 radical (unpaired) electrons. The van der Waals surface area contributed by atoms with E-state index in [1.54, 1.807) is 13.0 Å². The molecule has 1 rings (SSSR count). The number of hydrogen-bond donors (Lipinski definition) is 3. The molecule has 0 saturated heterocycles. The van der Waals surface area contributed by atoms with E-state index in [1.165, 1.54) is 0 Å². The Morgan fingerprint density at radius 3 is 2.38 bits per heavy atom. The van der Waals surface area contributed by atoms with Crippen LogP contribution in [0.3, 0.4) is 0 Å². The molecule has 0 aromatic carbocycles. The summed E-state index contributed by atoms with van der Waals surface area (Å²) in [5, 5.41) is 12.2. The monoisotopic (exact) mass is 293 g/mol. The minimum Gasteiger partial charge on any atom is -0.481 e. The molecule has 0 aliphatic heterocycles. The van der Waals surface area contributed by atoms with Crippen LogP contribution in [0.5, 0.6) is 0 Å². The number of carboxylic acids is 1. The van der Waals surface area contributed by atoms with Crippen LogP contribution < -0.4 is 11.1 Å². The maximum absolute atomic E-state index is 11.6. The van der Waals surface area contributed by atoms with Crippen LogP contribution in [0.15, 0.2) is 6.07 Å². The number of nitrogens with one attached hydrogen (secondary N) is 1. The number of carbonyl (C=O) groups is 2. The number of aryl methyl sites for hydroxylation is 2. The van der Waals surface area contributed by atoms with Crippen molar-refractivity contribution in [2.24, 2.45) is 11.1 Å². The quantitative estimate of drug-likeness (QED) is 0.771. The molecule has 1 heterocycles. The lowest BCUT2D eigenvalue weighted by molar-refractivity contribution is -0.137. The number of carbonyl (C=O) groups excluding carboxylic acids is 1. The van der Waals surface area contributed by atoms with Gasteiger partial charge in [0, 0.05) is 11.7 Å². The van der Waals surface area contributed by atoms with Gasteiger partial charge in [-0.3, -0.25) is 14.6 Å². The molecule has 1 unspecified atom stereocenters. The number of aromatic nitrogens is 1. The Labute approximate surface area is 124 Å². The van der Waals surface area contributed by atoms with E-state index < -0.39 is 11.9 Å². The lowest BCUT2D eigenvalue weighted by atomic mass is 9.84. The molecule has 116 valence electrons. The van der Waals surface area contributed by atoms with Gasteiger partial charge in [0.25, 0.3) is 5.91 Å². The zero-order chi connectivity index (χ0) is 16.4. The van der Waals surface area contributed by atoms with Crippen molar-refractivity contribution in [1.82, 2.24) is 4.98 Å². The number of carboxylic acid groups (broad SMARTS) is 1. The third kappa shape index (κ3) is 4.44. The van der Waals surface area contributed by atoms with Gasteiger partial charge in [-0.2, -0.15) is 0 Å². The van der Waals surface area contributed by atoms with Gasteiger partial charge in [0.05, 0.1) is 23.4 Å². The van der Waals surface area contributed by atoms with Gasteiger partial charge in [-0.25, -0.2) is 0 Å². The molecule has 0 aliphatic rings. The topological polar surface area (TPSA) is 105 Å². The van der Waals surface area contributed by atoms with E-state index >= 15 is 0 Å². The molecule has 1 atom stereocenters. The smallest absolute Gasteiger partial charge is 0.305 e. The van der Waals surface area contributed by atoms with Gasteiger partial charge < -0.3 is 16.2 Å². The van der Waals surface area contributed by atoms with Gasteiger partial charge in [-0.15, -0.1) is 0 Å². The molecule has 1 aromatic rings. The maximum atomic E-state index is 11.6. The fraction of sp³-hybridized carbons (Fsp3) is 0.533. The molecule has 4 N–H and O–H groups in total. The summed E-state index contributed by atoms with van der Waals surface area (Å²) in [6.07, 6.45) is -0.0535. The first-order chi connectivity index (χ1) is 9.52. The highest BCUT2D eigenvalue weighted by Crippen LogP contribution is 2.28. The predicted octanol–water partition coefficient (Wildman–Crippen LogP) is 2.10. The third-order valence-electron chi connectivity index (χ3n) is 3.33. The van der Waals surface area contributed by atoms with Gasteiger partial charge in [0.1, 0.15) is 0 Å². The van der Waals surface area contributed by atoms with E-state index in [1.807, 2.05) is 27.7 Å². The third-order valence-corrected chi connectivity index (χ3v) is 3.33. The van der Waals surface area contributed by atoms with E-state index in [0.29, 0.717) is 16.9 Å². The van der Waals surface area contributed by atoms with Gasteiger partial charge in [0.2, 0.25) is 0 Å². The Kier molecular flexibility index (Phi) is 4.93. The minimum atomic E-state index is -0.898. The highest BCUT2D eigenvalue weighted by molar-refractivity contribution is 5.99. The van der Waals surface area contributed by atoms with Crippen molar-refractivity contribution in [3.8, 4) is 0 Å². The van der Waals surface area contributed by atoms with Crippen LogP contribution in [0.4, 0.5) is 5.69 Å². The van der Waals surface area contributed by atoms with Crippen molar-refractivity contribution in [2.45, 2.75) is 47.1 Å². The molecular weight excluding hydrogens is 270 g/mol. The molecule has 21 heavy (non-hydrogen) atoms. The van der Waals surface area contributed by atoms with Crippen LogP contribution in [0.25, 0.3) is 0 Å². The molecule has 0 bridgehead atoms. The van der Waals surface area contributed by atoms with Crippen molar-refractivity contribution in [2.75, 3.05) is 5.32 Å². The van der Waals surface area contributed by atoms with Crippen LogP contribution in [0.2, 0.25) is 0 Å². The van der Waals surface area contributed by atoms with E-state index in [0.717, 1.165) is 5.69 Å². The van der Waals surface area contributed by atoms with Gasteiger partial charge >= 0.3 is 5.97 Å². The molecule has 0 saturated carbocycles. The SMILES string of the molecule is Cc1cc(NC(CC(=O)O)C(C)(C)C)c(C(N)=O)c(C)n1. The van der Waals surface area contributed by atoms with Crippen LogP contribution in [0, 0.1) is 19.3 Å². The van der Waals surface area contributed by atoms with Crippen LogP contribution in [-0.2, 0) is 4.79 Å². The molecule has 0 aliphatic carbocycles. The zero-order valence-electron chi connectivity index (χ0n) is 13.2. The lowest BCUT2D eigenvalue weighted by Gasteiger charge is -2.32. The van der Waals surface area contributed by atoms with Crippen LogP contribution >= 0.6 is 0 Å². The second-order valence-electron chi connectivity index (χ2n) is 6.30. The standard InChI is InChI=1S/C15H23N3O3/c1-8-6-10(13(14(16)21)9(2)17-8)18-11(7-12(19)20)15(3,4)5/h6,11H,7H2,1-5H3,(H2,16,21)(H,17,18)(H,19,20). The van der Waals surface area contributed by atoms with Crippen LogP contribution in [-0.4, -0.2) is 28.0 Å². The summed E-state index contributed by atoms with van der Waals surface area (Å²) in [4.78, 5) is 26.9. The van der Waals surface area contributed by atoms with E-state index in [4.69, 9.17) is 10.8 Å². The molecule has 1 amide bonds. The number of nitrogens with two attached hydrogens (primary N) is 1. The van der Waals surface area contributed by atoms with E-state index in [-0.39, 0.29) is 17.9 Å². The first-order valence-corrected chi connectivity index (χ1v) is 6.78. The summed E-state index contributed by atoms with van der Waals surface area (Å²) >= 11 is 0. The van der Waals surface area contributed by atoms with Gasteiger partial charge in [-0.1, -0.05) is 20.8 Å². The molecule has 0 spiro atoms. The minimum absolute atomic E-state index is 0.0535. The van der Waals surface area contributed by atoms with Crippen molar-refractivity contribution < 1.29 is 14.7 Å². The maximum Gasteiger partial charge on any atom is 0.305 e. The Hall–Kier alpha value is -2.11. The average molecular weight is 293 g/mol. The first-order valence-electron chi connectivity index (χ1n) is 6.78. The molecule has 0 fully saturated rings. The molecule has 1 aromatic heterocycles. The number of pyridine rings is 1. The average Bonchev–Trinajstić information content (AvgIpc) is 2.24. The number of rotatable bonds is 5. The van der Waals surface area contributed by atoms with Crippen molar-refractivity contribution in [1.29, 1.82) is 0 Å². The fourth-order valence-corrected chi connectivity index (χ4v) is 2.19. The highest BCUT2D eigenvalue weighted by atomic mass is 16.4. The fourth-order valence-electron chi connectivity index (χ4n) is 2.19. The zero-order valence-corrected chi connectivity index (χ0v) is 13.2. The molecule has 6 nitrogen and oxygen atoms in total. The summed E-state index contributed by atoms with van der Waals surface area (Å²) in [6, 6.07) is 1.38. The predicted molar refractivity (Wildman–Crippen MR) is 81.3 cm³/mol. The van der Waals surface area contributed by atoms with Crippen molar-refractivity contribution >= 4 is 17.6 Å². The number of hydrogen-bond acceptors (Lipinski definition) is 4. The van der Waals surface area contributed by atoms with Crippen LogP contribution in [0.1, 0.15) is 48.9 Å². The second kappa shape index (κ2) is 6.11. The molecule has 6 heteroatoms. The van der Waals surface area contributed by atoms with Crippen molar-refractivity contribution in [3.05, 3.63) is 23.0 Å². The number of nitrogens with zero attached hydrogens (tertiary/aromatic N) is 1.